The maximum absolute atomic E-state index is 9.83. The van der Waals surface area contributed by atoms with E-state index in [-0.39, 0.29) is 5.75 Å². The summed E-state index contributed by atoms with van der Waals surface area (Å²) in [5, 5.41) is 9.83. The van der Waals surface area contributed by atoms with Crippen molar-refractivity contribution in [3.05, 3.63) is 36.4 Å². The van der Waals surface area contributed by atoms with Crippen LogP contribution in [0, 0.1) is 0 Å². The van der Waals surface area contributed by atoms with Crippen LogP contribution >= 0.6 is 0 Å². The Morgan fingerprint density at radius 1 is 1.00 bits per heavy atom. The first-order valence-electron chi connectivity index (χ1n) is 5.47. The number of nitrogens with one attached hydrogen (secondary N) is 1. The highest BCUT2D eigenvalue weighted by Gasteiger charge is 2.10. The zero-order valence-corrected chi connectivity index (χ0v) is 9.51. The summed E-state index contributed by atoms with van der Waals surface area (Å²) in [5.74, 6) is 0.705. The third kappa shape index (κ3) is 1.62. The number of rotatable bonds is 1. The van der Waals surface area contributed by atoms with Crippen molar-refractivity contribution in [2.75, 3.05) is 11.5 Å². The van der Waals surface area contributed by atoms with Gasteiger partial charge in [-0.1, -0.05) is 0 Å². The number of phenols is 1. The van der Waals surface area contributed by atoms with Crippen molar-refractivity contribution in [3.63, 3.8) is 0 Å². The van der Waals surface area contributed by atoms with E-state index >= 15 is 0 Å². The summed E-state index contributed by atoms with van der Waals surface area (Å²) >= 11 is 0. The number of hydrogen-bond donors (Lipinski definition) is 4. The molecule has 0 saturated heterocycles. The number of nitrogen functional groups attached to an aromatic ring is 2. The lowest BCUT2D eigenvalue weighted by Crippen LogP contribution is -1.87. The predicted molar refractivity (Wildman–Crippen MR) is 72.0 cm³/mol. The molecule has 5 nitrogen and oxygen atoms in total. The highest BCUT2D eigenvalue weighted by atomic mass is 16.3. The molecule has 0 fully saturated rings. The van der Waals surface area contributed by atoms with E-state index in [9.17, 15) is 5.11 Å². The summed E-state index contributed by atoms with van der Waals surface area (Å²) in [6.45, 7) is 0. The van der Waals surface area contributed by atoms with Crippen LogP contribution in [0.3, 0.4) is 0 Å². The van der Waals surface area contributed by atoms with Crippen molar-refractivity contribution >= 4 is 22.4 Å². The number of H-pyrrole nitrogens is 1. The summed E-state index contributed by atoms with van der Waals surface area (Å²) < 4.78 is 0. The average molecular weight is 240 g/mol. The van der Waals surface area contributed by atoms with Gasteiger partial charge in [0.25, 0.3) is 0 Å². The van der Waals surface area contributed by atoms with E-state index in [1.54, 1.807) is 30.3 Å². The van der Waals surface area contributed by atoms with E-state index in [2.05, 4.69) is 9.97 Å². The fourth-order valence-electron chi connectivity index (χ4n) is 1.89. The van der Waals surface area contributed by atoms with Crippen molar-refractivity contribution in [1.29, 1.82) is 0 Å². The average Bonchev–Trinajstić information content (AvgIpc) is 2.74. The number of benzene rings is 2. The molecular formula is C13H12N4O. The standard InChI is InChI=1S/C13H12N4O/c14-7-2-4-12(18)9(5-7)13-16-10-3-1-8(15)6-11(10)17-13/h1-6,18H,14-15H2,(H,16,17). The molecule has 1 aromatic heterocycles. The van der Waals surface area contributed by atoms with Crippen molar-refractivity contribution in [2.45, 2.75) is 0 Å². The smallest absolute Gasteiger partial charge is 0.142 e. The zero-order valence-electron chi connectivity index (χ0n) is 9.51. The second-order valence-electron chi connectivity index (χ2n) is 4.14. The van der Waals surface area contributed by atoms with E-state index in [4.69, 9.17) is 11.5 Å². The number of aromatic amines is 1. The summed E-state index contributed by atoms with van der Waals surface area (Å²) in [6, 6.07) is 10.3. The van der Waals surface area contributed by atoms with E-state index in [0.29, 0.717) is 22.8 Å². The minimum Gasteiger partial charge on any atom is -0.507 e. The fraction of sp³-hybridized carbons (Fsp3) is 0. The Balaban J connectivity index is 2.22. The van der Waals surface area contributed by atoms with Gasteiger partial charge in [0.15, 0.2) is 0 Å². The first kappa shape index (κ1) is 10.5. The molecule has 0 amide bonds. The van der Waals surface area contributed by atoms with Crippen molar-refractivity contribution in [3.8, 4) is 17.1 Å². The third-order valence-corrected chi connectivity index (χ3v) is 2.78. The first-order chi connectivity index (χ1) is 8.63. The van der Waals surface area contributed by atoms with E-state index < -0.39 is 0 Å². The molecule has 0 aliphatic carbocycles. The highest BCUT2D eigenvalue weighted by molar-refractivity contribution is 5.83. The molecule has 18 heavy (non-hydrogen) atoms. The number of nitrogens with zero attached hydrogens (tertiary/aromatic N) is 1. The van der Waals surface area contributed by atoms with Gasteiger partial charge in [-0.25, -0.2) is 4.98 Å². The van der Waals surface area contributed by atoms with Gasteiger partial charge in [-0.05, 0) is 36.4 Å². The number of aromatic nitrogens is 2. The summed E-state index contributed by atoms with van der Waals surface area (Å²) in [5.41, 5.74) is 14.8. The summed E-state index contributed by atoms with van der Waals surface area (Å²) in [4.78, 5) is 7.52. The second-order valence-corrected chi connectivity index (χ2v) is 4.14. The van der Waals surface area contributed by atoms with Gasteiger partial charge in [0.05, 0.1) is 16.6 Å². The Morgan fingerprint density at radius 3 is 2.56 bits per heavy atom. The summed E-state index contributed by atoms with van der Waals surface area (Å²) in [7, 11) is 0. The molecule has 0 radical (unpaired) electrons. The molecule has 0 unspecified atom stereocenters. The molecule has 6 N–H and O–H groups in total. The number of phenolic OH excluding ortho intramolecular Hbond substituents is 1. The van der Waals surface area contributed by atoms with Gasteiger partial charge in [0.1, 0.15) is 11.6 Å². The van der Waals surface area contributed by atoms with Crippen LogP contribution in [0.2, 0.25) is 0 Å². The molecule has 0 spiro atoms. The Labute approximate surface area is 103 Å². The Morgan fingerprint density at radius 2 is 1.72 bits per heavy atom. The number of anilines is 2. The Hall–Kier alpha value is -2.69. The number of aromatic hydroxyl groups is 1. The lowest BCUT2D eigenvalue weighted by atomic mass is 10.1. The number of hydrogen-bond acceptors (Lipinski definition) is 4. The normalized spacial score (nSPS) is 10.9. The SMILES string of the molecule is Nc1ccc(O)c(-c2nc3cc(N)ccc3[nH]2)c1. The topological polar surface area (TPSA) is 101 Å². The van der Waals surface area contributed by atoms with Gasteiger partial charge < -0.3 is 21.6 Å². The van der Waals surface area contributed by atoms with Crippen LogP contribution in [0.15, 0.2) is 36.4 Å². The fourth-order valence-corrected chi connectivity index (χ4v) is 1.89. The second kappa shape index (κ2) is 3.66. The Kier molecular flexibility index (Phi) is 2.13. The van der Waals surface area contributed by atoms with Crippen LogP contribution < -0.4 is 11.5 Å². The van der Waals surface area contributed by atoms with Gasteiger partial charge in [0.2, 0.25) is 0 Å². The maximum atomic E-state index is 9.83. The highest BCUT2D eigenvalue weighted by Crippen LogP contribution is 2.30. The summed E-state index contributed by atoms with van der Waals surface area (Å²) in [6.07, 6.45) is 0. The van der Waals surface area contributed by atoms with Crippen LogP contribution in [0.25, 0.3) is 22.4 Å². The van der Waals surface area contributed by atoms with Crippen LogP contribution in [-0.2, 0) is 0 Å². The van der Waals surface area contributed by atoms with Crippen LogP contribution in [0.4, 0.5) is 11.4 Å². The number of nitrogens with two attached hydrogens (primary N) is 2. The van der Waals surface area contributed by atoms with Crippen molar-refractivity contribution in [2.24, 2.45) is 0 Å². The van der Waals surface area contributed by atoms with Crippen LogP contribution in [0.5, 0.6) is 5.75 Å². The lowest BCUT2D eigenvalue weighted by Gasteiger charge is -2.01. The monoisotopic (exact) mass is 240 g/mol. The predicted octanol–water partition coefficient (Wildman–Crippen LogP) is 2.10. The molecule has 5 heteroatoms. The molecule has 0 aliphatic rings. The van der Waals surface area contributed by atoms with E-state index in [1.165, 1.54) is 0 Å². The largest absolute Gasteiger partial charge is 0.507 e. The molecule has 1 heterocycles. The molecular weight excluding hydrogens is 228 g/mol. The quantitative estimate of drug-likeness (QED) is 0.386. The number of fused-ring (bicyclic) bond motifs is 1. The first-order valence-corrected chi connectivity index (χ1v) is 5.47. The molecule has 0 atom stereocenters. The molecule has 3 rings (SSSR count). The van der Waals surface area contributed by atoms with Crippen molar-refractivity contribution < 1.29 is 5.11 Å². The third-order valence-electron chi connectivity index (χ3n) is 2.78. The van der Waals surface area contributed by atoms with Crippen LogP contribution in [-0.4, -0.2) is 15.1 Å². The van der Waals surface area contributed by atoms with E-state index in [0.717, 1.165) is 11.0 Å². The van der Waals surface area contributed by atoms with Gasteiger partial charge in [0, 0.05) is 11.4 Å². The minimum absolute atomic E-state index is 0.135. The van der Waals surface area contributed by atoms with Crippen LogP contribution in [0.1, 0.15) is 0 Å². The van der Waals surface area contributed by atoms with Gasteiger partial charge in [-0.15, -0.1) is 0 Å². The van der Waals surface area contributed by atoms with Gasteiger partial charge in [-0.2, -0.15) is 0 Å². The maximum Gasteiger partial charge on any atom is 0.142 e. The van der Waals surface area contributed by atoms with E-state index in [1.807, 2.05) is 6.07 Å². The number of imidazole rings is 1. The molecule has 0 aliphatic heterocycles. The van der Waals surface area contributed by atoms with Crippen molar-refractivity contribution in [1.82, 2.24) is 9.97 Å². The molecule has 0 bridgehead atoms. The molecule has 0 saturated carbocycles. The molecule has 90 valence electrons. The Bertz CT molecular complexity index is 733. The van der Waals surface area contributed by atoms with Gasteiger partial charge >= 0.3 is 0 Å². The zero-order chi connectivity index (χ0) is 12.7. The minimum atomic E-state index is 0.135. The molecule has 2 aromatic carbocycles. The van der Waals surface area contributed by atoms with Gasteiger partial charge in [-0.3, -0.25) is 0 Å². The molecule has 3 aromatic rings. The lowest BCUT2D eigenvalue weighted by molar-refractivity contribution is 0.477.